The summed E-state index contributed by atoms with van der Waals surface area (Å²) in [4.78, 5) is 26.3. The van der Waals surface area contributed by atoms with Gasteiger partial charge in [-0.25, -0.2) is 4.98 Å². The van der Waals surface area contributed by atoms with Gasteiger partial charge in [0.1, 0.15) is 17.0 Å². The van der Waals surface area contributed by atoms with Crippen LogP contribution in [0, 0.1) is 6.92 Å². The molecule has 8 nitrogen and oxygen atoms in total. The normalized spacial score (nSPS) is 15.1. The molecule has 8 heteroatoms. The number of carbonyl (C=O) groups excluding carboxylic acids is 1. The fourth-order valence-electron chi connectivity index (χ4n) is 4.22. The number of hydrogen-bond donors (Lipinski definition) is 1. The van der Waals surface area contributed by atoms with E-state index in [-0.39, 0.29) is 5.89 Å². The monoisotopic (exact) mass is 445 g/mol. The minimum atomic E-state index is -0.410. The number of benzene rings is 2. The Balaban J connectivity index is 1.32. The second kappa shape index (κ2) is 8.71. The average molecular weight is 446 g/mol. The van der Waals surface area contributed by atoms with Crippen molar-refractivity contribution < 1.29 is 13.6 Å². The fourth-order valence-corrected chi connectivity index (χ4v) is 4.22. The van der Waals surface area contributed by atoms with Crippen LogP contribution in [0.25, 0.3) is 22.4 Å². The Morgan fingerprint density at radius 2 is 1.85 bits per heavy atom. The van der Waals surface area contributed by atoms with Crippen molar-refractivity contribution in [2.75, 3.05) is 37.4 Å². The van der Waals surface area contributed by atoms with Gasteiger partial charge in [0.05, 0.1) is 0 Å². The number of oxazole rings is 2. The number of piperidine rings is 1. The van der Waals surface area contributed by atoms with Crippen LogP contribution in [0.2, 0.25) is 0 Å². The van der Waals surface area contributed by atoms with Crippen molar-refractivity contribution in [1.82, 2.24) is 14.9 Å². The molecular formula is C25H27N5O3. The molecule has 1 aliphatic rings. The van der Waals surface area contributed by atoms with E-state index in [1.165, 1.54) is 0 Å². The minimum absolute atomic E-state index is 0.0225. The number of nitrogens with zero attached hydrogens (tertiary/aromatic N) is 4. The number of anilines is 2. The first-order valence-electron chi connectivity index (χ1n) is 11.1. The Labute approximate surface area is 192 Å². The molecule has 0 radical (unpaired) electrons. The molecule has 33 heavy (non-hydrogen) atoms. The molecule has 1 fully saturated rings. The van der Waals surface area contributed by atoms with Crippen LogP contribution in [0.4, 0.5) is 11.7 Å². The van der Waals surface area contributed by atoms with Gasteiger partial charge in [0.25, 0.3) is 11.9 Å². The highest BCUT2D eigenvalue weighted by atomic mass is 16.4. The van der Waals surface area contributed by atoms with Crippen molar-refractivity contribution in [3.8, 4) is 11.3 Å². The third-order valence-corrected chi connectivity index (χ3v) is 6.21. The zero-order valence-electron chi connectivity index (χ0n) is 19.0. The number of rotatable bonds is 5. The standard InChI is InChI=1S/C25H27N5O3/c1-16-22(17-7-5-4-6-8-17)28-24(32-16)23(31)26-18-9-10-21-20(15-18)27-25(33-21)30(3)19-11-13-29(2)14-12-19/h4-10,15,19H,11-14H2,1-3H3,(H,26,31). The van der Waals surface area contributed by atoms with Crippen molar-refractivity contribution in [1.29, 1.82) is 0 Å². The highest BCUT2D eigenvalue weighted by Crippen LogP contribution is 2.28. The Bertz CT molecular complexity index is 1270. The molecule has 1 aliphatic heterocycles. The van der Waals surface area contributed by atoms with Crippen molar-refractivity contribution in [3.05, 3.63) is 60.2 Å². The summed E-state index contributed by atoms with van der Waals surface area (Å²) in [7, 11) is 4.17. The fraction of sp³-hybridized carbons (Fsp3) is 0.320. The lowest BCUT2D eigenvalue weighted by molar-refractivity contribution is 0.0989. The molecule has 3 heterocycles. The van der Waals surface area contributed by atoms with E-state index in [9.17, 15) is 4.79 Å². The summed E-state index contributed by atoms with van der Waals surface area (Å²) in [5.41, 5.74) is 3.54. The van der Waals surface area contributed by atoms with E-state index in [0.717, 1.165) is 31.5 Å². The molecule has 0 unspecified atom stereocenters. The molecule has 0 spiro atoms. The van der Waals surface area contributed by atoms with Gasteiger partial charge >= 0.3 is 5.91 Å². The van der Waals surface area contributed by atoms with E-state index in [4.69, 9.17) is 8.83 Å². The summed E-state index contributed by atoms with van der Waals surface area (Å²) in [6, 6.07) is 16.1. The van der Waals surface area contributed by atoms with Crippen LogP contribution in [-0.2, 0) is 0 Å². The van der Waals surface area contributed by atoms with Crippen LogP contribution in [0.3, 0.4) is 0 Å². The molecule has 5 rings (SSSR count). The first-order valence-corrected chi connectivity index (χ1v) is 11.1. The zero-order chi connectivity index (χ0) is 22.9. The van der Waals surface area contributed by atoms with Crippen molar-refractivity contribution >= 4 is 28.7 Å². The van der Waals surface area contributed by atoms with E-state index in [0.29, 0.717) is 40.3 Å². The van der Waals surface area contributed by atoms with Crippen LogP contribution in [0.5, 0.6) is 0 Å². The zero-order valence-corrected chi connectivity index (χ0v) is 19.0. The molecule has 170 valence electrons. The number of likely N-dealkylation sites (tertiary alicyclic amines) is 1. The van der Waals surface area contributed by atoms with Crippen LogP contribution in [0.15, 0.2) is 57.4 Å². The maximum Gasteiger partial charge on any atom is 0.311 e. The summed E-state index contributed by atoms with van der Waals surface area (Å²) in [6.07, 6.45) is 2.15. The van der Waals surface area contributed by atoms with Gasteiger partial charge in [0.2, 0.25) is 0 Å². The Morgan fingerprint density at radius 3 is 2.61 bits per heavy atom. The lowest BCUT2D eigenvalue weighted by atomic mass is 10.0. The summed E-state index contributed by atoms with van der Waals surface area (Å²) in [6.45, 7) is 3.94. The topological polar surface area (TPSA) is 87.6 Å². The SMILES string of the molecule is Cc1oc(C(=O)Nc2ccc3oc(N(C)C4CCN(C)CC4)nc3c2)nc1-c1ccccc1. The maximum absolute atomic E-state index is 12.8. The highest BCUT2D eigenvalue weighted by molar-refractivity contribution is 6.02. The lowest BCUT2D eigenvalue weighted by Gasteiger charge is -2.34. The lowest BCUT2D eigenvalue weighted by Crippen LogP contribution is -2.42. The second-order valence-electron chi connectivity index (χ2n) is 8.57. The Kier molecular flexibility index (Phi) is 5.60. The third kappa shape index (κ3) is 4.34. The van der Waals surface area contributed by atoms with Gasteiger partial charge in [-0.2, -0.15) is 4.98 Å². The summed E-state index contributed by atoms with van der Waals surface area (Å²) < 4.78 is 11.6. The van der Waals surface area contributed by atoms with Gasteiger partial charge in [-0.3, -0.25) is 4.79 Å². The molecule has 4 aromatic rings. The molecule has 0 saturated carbocycles. The van der Waals surface area contributed by atoms with Crippen LogP contribution >= 0.6 is 0 Å². The van der Waals surface area contributed by atoms with Crippen LogP contribution in [-0.4, -0.2) is 54.0 Å². The highest BCUT2D eigenvalue weighted by Gasteiger charge is 2.24. The number of aryl methyl sites for hydroxylation is 1. The van der Waals surface area contributed by atoms with Crippen molar-refractivity contribution in [2.24, 2.45) is 0 Å². The molecule has 0 atom stereocenters. The molecule has 0 bridgehead atoms. The molecule has 2 aromatic heterocycles. The van der Waals surface area contributed by atoms with Crippen LogP contribution < -0.4 is 10.2 Å². The van der Waals surface area contributed by atoms with Gasteiger partial charge in [-0.1, -0.05) is 30.3 Å². The Hall–Kier alpha value is -3.65. The first kappa shape index (κ1) is 21.2. The van der Waals surface area contributed by atoms with E-state index in [2.05, 4.69) is 32.1 Å². The van der Waals surface area contributed by atoms with E-state index in [1.54, 1.807) is 19.1 Å². The third-order valence-electron chi connectivity index (χ3n) is 6.21. The maximum atomic E-state index is 12.8. The largest absolute Gasteiger partial charge is 0.437 e. The smallest absolute Gasteiger partial charge is 0.311 e. The van der Waals surface area contributed by atoms with Gasteiger partial charge in [-0.05, 0) is 58.1 Å². The summed E-state index contributed by atoms with van der Waals surface area (Å²) >= 11 is 0. The number of aromatic nitrogens is 2. The van der Waals surface area contributed by atoms with Crippen molar-refractivity contribution in [3.63, 3.8) is 0 Å². The molecule has 2 aromatic carbocycles. The molecule has 0 aliphatic carbocycles. The second-order valence-corrected chi connectivity index (χ2v) is 8.57. The number of hydrogen-bond acceptors (Lipinski definition) is 7. The van der Waals surface area contributed by atoms with Gasteiger partial charge < -0.3 is 24.0 Å². The molecular weight excluding hydrogens is 418 g/mol. The van der Waals surface area contributed by atoms with Gasteiger partial charge in [-0.15, -0.1) is 0 Å². The predicted molar refractivity (Wildman–Crippen MR) is 128 cm³/mol. The van der Waals surface area contributed by atoms with Crippen molar-refractivity contribution in [2.45, 2.75) is 25.8 Å². The number of carbonyl (C=O) groups is 1. The van der Waals surface area contributed by atoms with Gasteiger partial charge in [0.15, 0.2) is 5.58 Å². The molecule has 1 N–H and O–H groups in total. The van der Waals surface area contributed by atoms with E-state index < -0.39 is 5.91 Å². The Morgan fingerprint density at radius 1 is 1.09 bits per heavy atom. The van der Waals surface area contributed by atoms with E-state index in [1.807, 2.05) is 43.4 Å². The van der Waals surface area contributed by atoms with Gasteiger partial charge in [0, 0.05) is 24.3 Å². The molecule has 1 saturated heterocycles. The quantitative estimate of drug-likeness (QED) is 0.481. The minimum Gasteiger partial charge on any atom is -0.437 e. The number of fused-ring (bicyclic) bond motifs is 1. The number of nitrogens with one attached hydrogen (secondary N) is 1. The van der Waals surface area contributed by atoms with Crippen LogP contribution in [0.1, 0.15) is 29.3 Å². The van der Waals surface area contributed by atoms with E-state index >= 15 is 0 Å². The summed E-state index contributed by atoms with van der Waals surface area (Å²) in [5.74, 6) is 0.209. The number of amides is 1. The molecule has 1 amide bonds. The predicted octanol–water partition coefficient (Wildman–Crippen LogP) is 4.57. The first-order chi connectivity index (χ1) is 16.0. The summed E-state index contributed by atoms with van der Waals surface area (Å²) in [5, 5.41) is 2.85. The average Bonchev–Trinajstić information content (AvgIpc) is 3.43.